The summed E-state index contributed by atoms with van der Waals surface area (Å²) >= 11 is 1.62. The van der Waals surface area contributed by atoms with E-state index >= 15 is 0 Å². The molecule has 112 valence electrons. The molecule has 0 N–H and O–H groups in total. The van der Waals surface area contributed by atoms with Gasteiger partial charge >= 0.3 is 11.9 Å². The van der Waals surface area contributed by atoms with Gasteiger partial charge in [0, 0.05) is 9.79 Å². The average Bonchev–Trinajstić information content (AvgIpc) is 2.56. The van der Waals surface area contributed by atoms with E-state index < -0.39 is 11.9 Å². The fourth-order valence-electron chi connectivity index (χ4n) is 1.74. The number of thiocyanates is 2. The Morgan fingerprint density at radius 3 is 1.57 bits per heavy atom. The number of thioether (sulfide) groups is 2. The molecule has 0 heterocycles. The number of benzene rings is 2. The summed E-state index contributed by atoms with van der Waals surface area (Å²) in [6.07, 6.45) is 0. The van der Waals surface area contributed by atoms with Crippen molar-refractivity contribution in [3.63, 3.8) is 0 Å². The third-order valence-corrected chi connectivity index (χ3v) is 4.04. The normalized spacial score (nSPS) is 9.48. The Bertz CT molecular complexity index is 768. The minimum atomic E-state index is -0.842. The molecule has 5 nitrogen and oxygen atoms in total. The fraction of sp³-hybridized carbons (Fsp3) is 0. The van der Waals surface area contributed by atoms with Gasteiger partial charge in [0.2, 0.25) is 0 Å². The topological polar surface area (TPSA) is 90.9 Å². The standard InChI is InChI=1S/C16H8N2O3S2/c17-9-22-13-7-3-1-5-11(13)15(19)21-16(20)12-6-2-4-8-14(12)23-10-18/h1-8H. The summed E-state index contributed by atoms with van der Waals surface area (Å²) in [4.78, 5) is 25.1. The Hall–Kier alpha value is -2.74. The molecule has 0 saturated heterocycles. The molecule has 0 amide bonds. The van der Waals surface area contributed by atoms with Crippen LogP contribution in [-0.4, -0.2) is 11.9 Å². The van der Waals surface area contributed by atoms with E-state index in [0.29, 0.717) is 9.79 Å². The second-order valence-corrected chi connectivity index (χ2v) is 5.71. The Morgan fingerprint density at radius 2 is 1.17 bits per heavy atom. The summed E-state index contributed by atoms with van der Waals surface area (Å²) in [5.74, 6) is -1.68. The van der Waals surface area contributed by atoms with Gasteiger partial charge in [-0.15, -0.1) is 0 Å². The lowest BCUT2D eigenvalue weighted by Gasteiger charge is -2.07. The van der Waals surface area contributed by atoms with Crippen molar-refractivity contribution < 1.29 is 14.3 Å². The third-order valence-electron chi connectivity index (χ3n) is 2.71. The van der Waals surface area contributed by atoms with Crippen LogP contribution in [0, 0.1) is 21.3 Å². The van der Waals surface area contributed by atoms with Crippen LogP contribution >= 0.6 is 23.5 Å². The molecular formula is C16H8N2O3S2. The zero-order chi connectivity index (χ0) is 16.7. The second-order valence-electron chi connectivity index (χ2n) is 4.06. The molecule has 0 aliphatic rings. The Kier molecular flexibility index (Phi) is 5.81. The number of hydrogen-bond donors (Lipinski definition) is 0. The molecule has 2 rings (SSSR count). The van der Waals surface area contributed by atoms with Crippen LogP contribution in [0.5, 0.6) is 0 Å². The van der Waals surface area contributed by atoms with Crippen molar-refractivity contribution >= 4 is 35.5 Å². The number of carbonyl (C=O) groups excluding carboxylic acids is 2. The largest absolute Gasteiger partial charge is 0.386 e. The van der Waals surface area contributed by atoms with Crippen molar-refractivity contribution in [1.82, 2.24) is 0 Å². The smallest absolute Gasteiger partial charge is 0.347 e. The van der Waals surface area contributed by atoms with Gasteiger partial charge in [0.25, 0.3) is 0 Å². The highest BCUT2D eigenvalue weighted by Crippen LogP contribution is 2.25. The van der Waals surface area contributed by atoms with Crippen LogP contribution in [0.15, 0.2) is 58.3 Å². The van der Waals surface area contributed by atoms with Crippen LogP contribution in [0.25, 0.3) is 0 Å². The highest BCUT2D eigenvalue weighted by atomic mass is 32.2. The molecule has 0 unspecified atom stereocenters. The lowest BCUT2D eigenvalue weighted by atomic mass is 10.2. The maximum Gasteiger partial charge on any atom is 0.347 e. The zero-order valence-corrected chi connectivity index (χ0v) is 13.2. The number of esters is 2. The molecule has 0 saturated carbocycles. The molecular weight excluding hydrogens is 332 g/mol. The predicted molar refractivity (Wildman–Crippen MR) is 85.6 cm³/mol. The van der Waals surface area contributed by atoms with E-state index in [1.807, 2.05) is 10.8 Å². The monoisotopic (exact) mass is 340 g/mol. The first-order chi connectivity index (χ1) is 11.2. The Morgan fingerprint density at radius 1 is 0.783 bits per heavy atom. The zero-order valence-electron chi connectivity index (χ0n) is 11.6. The van der Waals surface area contributed by atoms with Gasteiger partial charge < -0.3 is 4.74 Å². The lowest BCUT2D eigenvalue weighted by molar-refractivity contribution is 0.0393. The highest BCUT2D eigenvalue weighted by molar-refractivity contribution is 8.04. The molecule has 0 aliphatic carbocycles. The van der Waals surface area contributed by atoms with Crippen LogP contribution < -0.4 is 0 Å². The minimum absolute atomic E-state index is 0.137. The molecule has 0 bridgehead atoms. The van der Waals surface area contributed by atoms with Gasteiger partial charge in [-0.2, -0.15) is 10.5 Å². The summed E-state index contributed by atoms with van der Waals surface area (Å²) < 4.78 is 4.87. The summed E-state index contributed by atoms with van der Waals surface area (Å²) in [7, 11) is 0. The average molecular weight is 340 g/mol. The van der Waals surface area contributed by atoms with Gasteiger partial charge in [0.1, 0.15) is 10.8 Å². The number of nitriles is 2. The van der Waals surface area contributed by atoms with Crippen LogP contribution in [0.2, 0.25) is 0 Å². The number of hydrogen-bond acceptors (Lipinski definition) is 7. The predicted octanol–water partition coefficient (Wildman–Crippen LogP) is 3.83. The molecule has 0 radical (unpaired) electrons. The Balaban J connectivity index is 2.23. The van der Waals surface area contributed by atoms with Gasteiger partial charge in [-0.1, -0.05) is 24.3 Å². The van der Waals surface area contributed by atoms with Crippen LogP contribution in [0.3, 0.4) is 0 Å². The molecule has 0 aromatic heterocycles. The van der Waals surface area contributed by atoms with Gasteiger partial charge in [-0.05, 0) is 47.8 Å². The maximum absolute atomic E-state index is 12.2. The minimum Gasteiger partial charge on any atom is -0.386 e. The van der Waals surface area contributed by atoms with Gasteiger partial charge in [-0.25, -0.2) is 9.59 Å². The molecule has 0 aliphatic heterocycles. The first kappa shape index (κ1) is 16.6. The first-order valence-electron chi connectivity index (χ1n) is 6.23. The van der Waals surface area contributed by atoms with Crippen molar-refractivity contribution in [2.45, 2.75) is 9.79 Å². The summed E-state index contributed by atoms with van der Waals surface area (Å²) in [6.45, 7) is 0. The molecule has 2 aromatic rings. The number of ether oxygens (including phenoxy) is 1. The van der Waals surface area contributed by atoms with Crippen molar-refractivity contribution in [2.75, 3.05) is 0 Å². The van der Waals surface area contributed by atoms with Crippen molar-refractivity contribution in [3.8, 4) is 10.8 Å². The third kappa shape index (κ3) is 4.13. The van der Waals surface area contributed by atoms with E-state index in [2.05, 4.69) is 0 Å². The lowest BCUT2D eigenvalue weighted by Crippen LogP contribution is -2.14. The van der Waals surface area contributed by atoms with Crippen molar-refractivity contribution in [2.24, 2.45) is 0 Å². The second kappa shape index (κ2) is 8.04. The van der Waals surface area contributed by atoms with Crippen molar-refractivity contribution in [3.05, 3.63) is 59.7 Å². The van der Waals surface area contributed by atoms with E-state index in [-0.39, 0.29) is 11.1 Å². The summed E-state index contributed by atoms with van der Waals surface area (Å²) in [5, 5.41) is 21.2. The van der Waals surface area contributed by atoms with Gasteiger partial charge in [-0.3, -0.25) is 0 Å². The van der Waals surface area contributed by atoms with E-state index in [9.17, 15) is 9.59 Å². The fourth-order valence-corrected chi connectivity index (χ4v) is 2.75. The van der Waals surface area contributed by atoms with Crippen LogP contribution in [0.4, 0.5) is 0 Å². The van der Waals surface area contributed by atoms with E-state index in [1.54, 1.807) is 36.4 Å². The van der Waals surface area contributed by atoms with E-state index in [1.165, 1.54) is 12.1 Å². The quantitative estimate of drug-likeness (QED) is 0.361. The molecule has 7 heteroatoms. The molecule has 0 fully saturated rings. The molecule has 0 atom stereocenters. The van der Waals surface area contributed by atoms with Crippen LogP contribution in [-0.2, 0) is 4.74 Å². The molecule has 2 aromatic carbocycles. The van der Waals surface area contributed by atoms with Crippen LogP contribution in [0.1, 0.15) is 20.7 Å². The van der Waals surface area contributed by atoms with Gasteiger partial charge in [0.05, 0.1) is 11.1 Å². The summed E-state index contributed by atoms with van der Waals surface area (Å²) in [5.41, 5.74) is 0.274. The SMILES string of the molecule is N#CSc1ccccc1C(=O)OC(=O)c1ccccc1SC#N. The molecule has 0 spiro atoms. The highest BCUT2D eigenvalue weighted by Gasteiger charge is 2.20. The van der Waals surface area contributed by atoms with Gasteiger partial charge in [0.15, 0.2) is 0 Å². The van der Waals surface area contributed by atoms with E-state index in [0.717, 1.165) is 23.5 Å². The number of rotatable bonds is 4. The molecule has 23 heavy (non-hydrogen) atoms. The first-order valence-corrected chi connectivity index (χ1v) is 7.87. The number of nitrogens with zero attached hydrogens (tertiary/aromatic N) is 2. The summed E-state index contributed by atoms with van der Waals surface area (Å²) in [6, 6.07) is 12.7. The number of carbonyl (C=O) groups is 2. The van der Waals surface area contributed by atoms with Crippen molar-refractivity contribution in [1.29, 1.82) is 10.5 Å². The maximum atomic E-state index is 12.2. The Labute approximate surface area is 140 Å². The van der Waals surface area contributed by atoms with E-state index in [4.69, 9.17) is 15.3 Å².